The fourth-order valence-corrected chi connectivity index (χ4v) is 12.8. The molecule has 11 rings (SSSR count). The van der Waals surface area contributed by atoms with Crippen LogP contribution < -0.4 is 20.7 Å². The minimum absolute atomic E-state index is 0.0455. The second-order valence-corrected chi connectivity index (χ2v) is 17.5. The monoisotopic (exact) mass is 753 g/mol. The van der Waals surface area contributed by atoms with Gasteiger partial charge in [-0.2, -0.15) is 15.0 Å². The van der Waals surface area contributed by atoms with Crippen LogP contribution in [0.5, 0.6) is 0 Å². The second-order valence-electron chi connectivity index (χ2n) is 13.8. The molecular weight excluding hydrogens is 711 g/mol. The molecular formula is C51H35N5Si. The number of aromatic nitrogens is 5. The minimum Gasteiger partial charge on any atom is -0.278 e. The number of para-hydroxylation sites is 4. The summed E-state index contributed by atoms with van der Waals surface area (Å²) < 4.78 is 77.1. The molecule has 0 saturated heterocycles. The van der Waals surface area contributed by atoms with E-state index in [0.29, 0.717) is 48.8 Å². The predicted molar refractivity (Wildman–Crippen MR) is 238 cm³/mol. The Morgan fingerprint density at radius 2 is 0.754 bits per heavy atom. The van der Waals surface area contributed by atoms with Gasteiger partial charge >= 0.3 is 0 Å². The Hall–Kier alpha value is -7.41. The molecule has 0 N–H and O–H groups in total. The summed E-state index contributed by atoms with van der Waals surface area (Å²) >= 11 is 0. The van der Waals surface area contributed by atoms with Crippen molar-refractivity contribution in [2.24, 2.45) is 0 Å². The third kappa shape index (κ3) is 5.19. The molecule has 268 valence electrons. The van der Waals surface area contributed by atoms with Gasteiger partial charge in [-0.3, -0.25) is 9.13 Å². The molecule has 0 amide bonds. The van der Waals surface area contributed by atoms with Crippen LogP contribution in [0, 0.1) is 0 Å². The topological polar surface area (TPSA) is 48.5 Å². The normalized spacial score (nSPS) is 13.8. The van der Waals surface area contributed by atoms with E-state index in [1.807, 2.05) is 100 Å². The number of nitrogens with zero attached hydrogens (tertiary/aromatic N) is 5. The molecule has 57 heavy (non-hydrogen) atoms. The Kier molecular flexibility index (Phi) is 6.03. The van der Waals surface area contributed by atoms with Gasteiger partial charge in [0.05, 0.1) is 33.0 Å². The van der Waals surface area contributed by atoms with E-state index in [1.54, 1.807) is 72.8 Å². The lowest BCUT2D eigenvalue weighted by atomic mass is 10.2. The molecule has 0 aliphatic carbocycles. The average molecular weight is 754 g/mol. The Morgan fingerprint density at radius 3 is 1.14 bits per heavy atom. The Labute approximate surface area is 342 Å². The molecule has 0 saturated carbocycles. The average Bonchev–Trinajstić information content (AvgIpc) is 3.81. The quantitative estimate of drug-likeness (QED) is 0.121. The molecule has 3 heterocycles. The van der Waals surface area contributed by atoms with Crippen molar-refractivity contribution in [3.8, 4) is 23.3 Å². The van der Waals surface area contributed by atoms with Crippen molar-refractivity contribution in [2.45, 2.75) is 0 Å². The highest BCUT2D eigenvalue weighted by Gasteiger charge is 2.41. The van der Waals surface area contributed by atoms with Crippen LogP contribution in [0.15, 0.2) is 212 Å². The molecule has 0 bridgehead atoms. The molecule has 5 nitrogen and oxygen atoms in total. The highest BCUT2D eigenvalue weighted by Crippen LogP contribution is 2.34. The fraction of sp³-hybridized carbons (Fsp3) is 0. The largest absolute Gasteiger partial charge is 0.278 e. The summed E-state index contributed by atoms with van der Waals surface area (Å²) in [5.74, 6) is 0.161. The summed E-state index contributed by atoms with van der Waals surface area (Å²) in [6.07, 6.45) is 0. The van der Waals surface area contributed by atoms with Gasteiger partial charge in [-0.1, -0.05) is 188 Å². The third-order valence-corrected chi connectivity index (χ3v) is 15.4. The van der Waals surface area contributed by atoms with Gasteiger partial charge in [-0.15, -0.1) is 0 Å². The van der Waals surface area contributed by atoms with Crippen molar-refractivity contribution in [2.75, 3.05) is 0 Å². The lowest BCUT2D eigenvalue weighted by molar-refractivity contribution is 0.893. The van der Waals surface area contributed by atoms with Crippen molar-refractivity contribution in [3.63, 3.8) is 0 Å². The predicted octanol–water partition coefficient (Wildman–Crippen LogP) is 9.11. The van der Waals surface area contributed by atoms with Crippen molar-refractivity contribution >= 4 is 72.4 Å². The van der Waals surface area contributed by atoms with Gasteiger partial charge in [0.2, 0.25) is 11.9 Å². The molecule has 0 aliphatic heterocycles. The molecule has 8 aromatic carbocycles. The van der Waals surface area contributed by atoms with E-state index in [0.717, 1.165) is 15.6 Å². The van der Waals surface area contributed by atoms with Gasteiger partial charge in [0.15, 0.2) is 13.9 Å². The van der Waals surface area contributed by atoms with Crippen LogP contribution in [-0.4, -0.2) is 32.2 Å². The highest BCUT2D eigenvalue weighted by molar-refractivity contribution is 7.19. The summed E-state index contributed by atoms with van der Waals surface area (Å²) in [6.45, 7) is 0. The molecule has 11 aromatic rings. The van der Waals surface area contributed by atoms with Crippen LogP contribution in [0.25, 0.3) is 66.9 Å². The van der Waals surface area contributed by atoms with Crippen LogP contribution in [0.1, 0.15) is 11.0 Å². The maximum Gasteiger partial charge on any atom is 0.240 e. The molecule has 0 radical (unpaired) electrons. The molecule has 6 heteroatoms. The Bertz CT molecular complexity index is 3350. The van der Waals surface area contributed by atoms with Gasteiger partial charge in [-0.05, 0) is 45.0 Å². The van der Waals surface area contributed by atoms with E-state index in [4.69, 9.17) is 20.4 Å². The first kappa shape index (κ1) is 25.6. The number of hydrogen-bond donors (Lipinski definition) is 0. The zero-order valence-corrected chi connectivity index (χ0v) is 31.3. The van der Waals surface area contributed by atoms with E-state index >= 15 is 0 Å². The van der Waals surface area contributed by atoms with E-state index in [2.05, 4.69) is 0 Å². The number of hydrogen-bond acceptors (Lipinski definition) is 3. The Morgan fingerprint density at radius 1 is 0.368 bits per heavy atom. The third-order valence-electron chi connectivity index (χ3n) is 10.8. The molecule has 0 atom stereocenters. The van der Waals surface area contributed by atoms with E-state index in [9.17, 15) is 5.48 Å². The smallest absolute Gasteiger partial charge is 0.240 e. The molecule has 0 fully saturated rings. The van der Waals surface area contributed by atoms with Crippen LogP contribution in [0.4, 0.5) is 0 Å². The first-order valence-electron chi connectivity index (χ1n) is 22.6. The van der Waals surface area contributed by atoms with Crippen molar-refractivity contribution in [1.82, 2.24) is 24.1 Å². The van der Waals surface area contributed by atoms with Gasteiger partial charge in [0, 0.05) is 27.1 Å². The van der Waals surface area contributed by atoms with E-state index < -0.39 is 8.07 Å². The van der Waals surface area contributed by atoms with Crippen LogP contribution >= 0.6 is 0 Å². The first-order valence-corrected chi connectivity index (χ1v) is 20.6. The zero-order chi connectivity index (χ0) is 44.7. The van der Waals surface area contributed by atoms with Crippen molar-refractivity contribution in [1.29, 1.82) is 0 Å². The minimum atomic E-state index is -3.64. The van der Waals surface area contributed by atoms with Crippen LogP contribution in [0.2, 0.25) is 0 Å². The number of rotatable bonds is 7. The lowest BCUT2D eigenvalue weighted by Crippen LogP contribution is -2.74. The van der Waals surface area contributed by atoms with Gasteiger partial charge < -0.3 is 0 Å². The number of benzene rings is 8. The summed E-state index contributed by atoms with van der Waals surface area (Å²) in [7, 11) is -3.64. The summed E-state index contributed by atoms with van der Waals surface area (Å²) in [5.41, 5.74) is 2.54. The highest BCUT2D eigenvalue weighted by atomic mass is 28.3. The van der Waals surface area contributed by atoms with E-state index in [1.165, 1.54) is 0 Å². The SMILES string of the molecule is [2H]c1ccc2c(c1)c1cc([2H])ccc1n2-c1nc(-c2c([2H])c([2H])c([2H])c([Si](c3ccccc3)(c3ccccc3)c3ccccc3)c2[2H])nc(-n2c3ccc([2H])cc3c3cc([2H])ccc32)n1. The van der Waals surface area contributed by atoms with Crippen LogP contribution in [0.3, 0.4) is 0 Å². The molecule has 0 unspecified atom stereocenters. The molecule has 3 aromatic heterocycles. The van der Waals surface area contributed by atoms with Gasteiger partial charge in [0.25, 0.3) is 0 Å². The first-order chi connectivity index (χ1) is 31.5. The van der Waals surface area contributed by atoms with Gasteiger partial charge in [0.1, 0.15) is 0 Å². The molecule has 0 spiro atoms. The summed E-state index contributed by atoms with van der Waals surface area (Å²) in [5, 5.41) is 5.79. The molecule has 0 aliphatic rings. The van der Waals surface area contributed by atoms with E-state index in [-0.39, 0.29) is 71.6 Å². The summed E-state index contributed by atoms with van der Waals surface area (Å²) in [4.78, 5) is 15.4. The lowest BCUT2D eigenvalue weighted by Gasteiger charge is -2.34. The number of fused-ring (bicyclic) bond motifs is 6. The summed E-state index contributed by atoms with van der Waals surface area (Å²) in [6, 6.07) is 50.4. The maximum atomic E-state index is 10.4. The van der Waals surface area contributed by atoms with Gasteiger partial charge in [-0.25, -0.2) is 0 Å². The van der Waals surface area contributed by atoms with Crippen LogP contribution in [-0.2, 0) is 0 Å². The second kappa shape index (κ2) is 13.4. The van der Waals surface area contributed by atoms with Crippen molar-refractivity contribution < 1.29 is 11.0 Å². The fourth-order valence-electron chi connectivity index (χ4n) is 8.33. The maximum absolute atomic E-state index is 10.4. The standard InChI is InChI=1S/C51H35N5Si/c1-4-20-37(21-5-1)57(38-22-6-2-7-23-38,39-24-8-3-9-25-39)40-26-18-19-36(35-40)49-52-50(55-45-31-14-10-27-41(45)42-28-11-15-32-46(42)55)54-51(53-49)56-47-33-16-12-29-43(47)44-30-13-17-34-48(44)56/h1-35H/i10D,11D,12D,13D,18D,19D,26D,35D. The zero-order valence-electron chi connectivity index (χ0n) is 38.3. The Balaban J connectivity index is 1.30. The van der Waals surface area contributed by atoms with Crippen molar-refractivity contribution in [3.05, 3.63) is 212 Å².